The Balaban J connectivity index is 1.95. The molecule has 0 aliphatic carbocycles. The number of ether oxygens (including phenoxy) is 2. The topological polar surface area (TPSA) is 72.9 Å². The van der Waals surface area contributed by atoms with Gasteiger partial charge < -0.3 is 9.47 Å². The molecule has 6 nitrogen and oxygen atoms in total. The van der Waals surface area contributed by atoms with Crippen molar-refractivity contribution in [3.8, 4) is 0 Å². The Morgan fingerprint density at radius 3 is 2.20 bits per heavy atom. The lowest BCUT2D eigenvalue weighted by Gasteiger charge is -2.23. The van der Waals surface area contributed by atoms with Crippen LogP contribution in [0.15, 0.2) is 48.5 Å². The van der Waals surface area contributed by atoms with Crippen LogP contribution in [0.1, 0.15) is 26.3 Å². The number of benzene rings is 2. The molecule has 1 unspecified atom stereocenters. The van der Waals surface area contributed by atoms with Gasteiger partial charge in [-0.05, 0) is 35.9 Å². The van der Waals surface area contributed by atoms with Crippen LogP contribution >= 0.6 is 0 Å². The number of rotatable bonds is 3. The molecule has 0 bridgehead atoms. The van der Waals surface area contributed by atoms with Crippen LogP contribution in [0.3, 0.4) is 0 Å². The van der Waals surface area contributed by atoms with Crippen molar-refractivity contribution in [1.82, 2.24) is 0 Å². The molecule has 0 saturated heterocycles. The molecular formula is C19H17NO5. The summed E-state index contributed by atoms with van der Waals surface area (Å²) in [7, 11) is 2.60. The Morgan fingerprint density at radius 1 is 0.920 bits per heavy atom. The molecule has 2 aromatic carbocycles. The van der Waals surface area contributed by atoms with Crippen LogP contribution in [0, 0.1) is 0 Å². The summed E-state index contributed by atoms with van der Waals surface area (Å²) in [5.74, 6) is -1.26. The van der Waals surface area contributed by atoms with Crippen LogP contribution in [0.4, 0.5) is 5.69 Å². The smallest absolute Gasteiger partial charge is 0.337 e. The number of para-hydroxylation sites is 1. The molecular weight excluding hydrogens is 322 g/mol. The summed E-state index contributed by atoms with van der Waals surface area (Å²) in [5, 5.41) is 0. The molecule has 0 fully saturated rings. The zero-order chi connectivity index (χ0) is 18.0. The third-order valence-electron chi connectivity index (χ3n) is 4.22. The first-order valence-corrected chi connectivity index (χ1v) is 7.74. The van der Waals surface area contributed by atoms with E-state index in [1.807, 2.05) is 18.2 Å². The second-order valence-electron chi connectivity index (χ2n) is 5.62. The van der Waals surface area contributed by atoms with Gasteiger partial charge in [0.15, 0.2) is 0 Å². The number of esters is 2. The molecule has 1 aliphatic heterocycles. The molecule has 128 valence electrons. The summed E-state index contributed by atoms with van der Waals surface area (Å²) in [6, 6.07) is 12.8. The second-order valence-corrected chi connectivity index (χ2v) is 5.62. The van der Waals surface area contributed by atoms with Gasteiger partial charge in [-0.2, -0.15) is 0 Å². The normalized spacial score (nSPS) is 15.4. The van der Waals surface area contributed by atoms with Crippen LogP contribution in [-0.2, 0) is 20.7 Å². The molecule has 25 heavy (non-hydrogen) atoms. The quantitative estimate of drug-likeness (QED) is 0.802. The highest BCUT2D eigenvalue weighted by molar-refractivity contribution is 6.11. The van der Waals surface area contributed by atoms with Gasteiger partial charge in [0.2, 0.25) is 0 Å². The van der Waals surface area contributed by atoms with Crippen molar-refractivity contribution in [2.24, 2.45) is 0 Å². The molecule has 1 heterocycles. The van der Waals surface area contributed by atoms with Gasteiger partial charge in [0.25, 0.3) is 5.91 Å². The van der Waals surface area contributed by atoms with Crippen LogP contribution in [0.2, 0.25) is 0 Å². The number of anilines is 1. The maximum atomic E-state index is 13.0. The first-order chi connectivity index (χ1) is 12.1. The van der Waals surface area contributed by atoms with E-state index in [9.17, 15) is 14.4 Å². The van der Waals surface area contributed by atoms with Crippen molar-refractivity contribution in [3.63, 3.8) is 0 Å². The average molecular weight is 339 g/mol. The van der Waals surface area contributed by atoms with Crippen molar-refractivity contribution in [2.75, 3.05) is 19.1 Å². The molecule has 3 rings (SSSR count). The summed E-state index contributed by atoms with van der Waals surface area (Å²) in [6.45, 7) is 0. The van der Waals surface area contributed by atoms with E-state index in [2.05, 4.69) is 4.74 Å². The van der Waals surface area contributed by atoms with E-state index >= 15 is 0 Å². The summed E-state index contributed by atoms with van der Waals surface area (Å²) in [4.78, 5) is 38.1. The summed E-state index contributed by atoms with van der Waals surface area (Å²) >= 11 is 0. The lowest BCUT2D eigenvalue weighted by Crippen LogP contribution is -2.43. The molecule has 0 N–H and O–H groups in total. The summed E-state index contributed by atoms with van der Waals surface area (Å²) in [6.07, 6.45) is 0.412. The van der Waals surface area contributed by atoms with Crippen molar-refractivity contribution in [3.05, 3.63) is 65.2 Å². The molecule has 2 aromatic rings. The number of methoxy groups -OCH3 is 2. The molecule has 1 amide bonds. The SMILES string of the molecule is COC(=O)c1ccc(C(=O)N2c3ccccc3CC2C(=O)OC)cc1. The van der Waals surface area contributed by atoms with Gasteiger partial charge in [-0.3, -0.25) is 9.69 Å². The number of hydrogen-bond donors (Lipinski definition) is 0. The van der Waals surface area contributed by atoms with Gasteiger partial charge in [0.1, 0.15) is 6.04 Å². The average Bonchev–Trinajstić information content (AvgIpc) is 3.05. The number of fused-ring (bicyclic) bond motifs is 1. The fourth-order valence-corrected chi connectivity index (χ4v) is 2.97. The standard InChI is InChI=1S/C19H17NO5/c1-24-18(22)13-9-7-12(8-10-13)17(21)20-15-6-4-3-5-14(15)11-16(20)19(23)25-2/h3-10,16H,11H2,1-2H3. The fraction of sp³-hybridized carbons (Fsp3) is 0.211. The number of carbonyl (C=O) groups excluding carboxylic acids is 3. The van der Waals surface area contributed by atoms with E-state index in [1.165, 1.54) is 31.3 Å². The highest BCUT2D eigenvalue weighted by Gasteiger charge is 2.39. The maximum Gasteiger partial charge on any atom is 0.337 e. The highest BCUT2D eigenvalue weighted by Crippen LogP contribution is 2.33. The third kappa shape index (κ3) is 2.98. The van der Waals surface area contributed by atoms with Gasteiger partial charge >= 0.3 is 11.9 Å². The number of carbonyl (C=O) groups is 3. The second kappa shape index (κ2) is 6.76. The fourth-order valence-electron chi connectivity index (χ4n) is 2.97. The Labute approximate surface area is 145 Å². The Morgan fingerprint density at radius 2 is 1.56 bits per heavy atom. The molecule has 0 radical (unpaired) electrons. The van der Waals surface area contributed by atoms with Gasteiger partial charge in [-0.15, -0.1) is 0 Å². The van der Waals surface area contributed by atoms with E-state index in [1.54, 1.807) is 18.2 Å². The minimum absolute atomic E-state index is 0.322. The van der Waals surface area contributed by atoms with Crippen molar-refractivity contribution in [2.45, 2.75) is 12.5 Å². The summed E-state index contributed by atoms with van der Waals surface area (Å²) in [5.41, 5.74) is 2.33. The first kappa shape index (κ1) is 16.7. The van der Waals surface area contributed by atoms with E-state index < -0.39 is 18.0 Å². The molecule has 6 heteroatoms. The van der Waals surface area contributed by atoms with E-state index in [4.69, 9.17) is 4.74 Å². The van der Waals surface area contributed by atoms with E-state index in [-0.39, 0.29) is 5.91 Å². The Kier molecular flexibility index (Phi) is 4.52. The minimum atomic E-state index is -0.699. The predicted molar refractivity (Wildman–Crippen MR) is 90.5 cm³/mol. The molecule has 0 saturated carbocycles. The lowest BCUT2D eigenvalue weighted by atomic mass is 10.1. The van der Waals surface area contributed by atoms with Gasteiger partial charge in [-0.1, -0.05) is 18.2 Å². The zero-order valence-corrected chi connectivity index (χ0v) is 13.9. The number of nitrogens with zero attached hydrogens (tertiary/aromatic N) is 1. The van der Waals surface area contributed by atoms with E-state index in [0.717, 1.165) is 5.56 Å². The zero-order valence-electron chi connectivity index (χ0n) is 13.9. The first-order valence-electron chi connectivity index (χ1n) is 7.74. The Hall–Kier alpha value is -3.15. The lowest BCUT2D eigenvalue weighted by molar-refractivity contribution is -0.141. The summed E-state index contributed by atoms with van der Waals surface area (Å²) < 4.78 is 9.50. The Bertz CT molecular complexity index is 828. The number of hydrogen-bond acceptors (Lipinski definition) is 5. The molecule has 1 aliphatic rings. The van der Waals surface area contributed by atoms with E-state index in [0.29, 0.717) is 23.2 Å². The van der Waals surface area contributed by atoms with Crippen LogP contribution in [0.25, 0.3) is 0 Å². The maximum absolute atomic E-state index is 13.0. The molecule has 0 spiro atoms. The van der Waals surface area contributed by atoms with Crippen molar-refractivity contribution in [1.29, 1.82) is 0 Å². The monoisotopic (exact) mass is 339 g/mol. The van der Waals surface area contributed by atoms with Gasteiger partial charge in [-0.25, -0.2) is 9.59 Å². The van der Waals surface area contributed by atoms with Gasteiger partial charge in [0, 0.05) is 17.7 Å². The molecule has 1 atom stereocenters. The molecule has 0 aromatic heterocycles. The van der Waals surface area contributed by atoms with Gasteiger partial charge in [0.05, 0.1) is 19.8 Å². The predicted octanol–water partition coefficient (Wildman–Crippen LogP) is 2.22. The largest absolute Gasteiger partial charge is 0.467 e. The number of amides is 1. The van der Waals surface area contributed by atoms with Crippen molar-refractivity contribution >= 4 is 23.5 Å². The minimum Gasteiger partial charge on any atom is -0.467 e. The van der Waals surface area contributed by atoms with Crippen LogP contribution < -0.4 is 4.90 Å². The van der Waals surface area contributed by atoms with Crippen LogP contribution in [-0.4, -0.2) is 38.1 Å². The third-order valence-corrected chi connectivity index (χ3v) is 4.22. The highest BCUT2D eigenvalue weighted by atomic mass is 16.5. The van der Waals surface area contributed by atoms with Crippen LogP contribution in [0.5, 0.6) is 0 Å². The van der Waals surface area contributed by atoms with Crippen molar-refractivity contribution < 1.29 is 23.9 Å².